The smallest absolute Gasteiger partial charge is 0.257 e. The minimum absolute atomic E-state index is 0.190. The van der Waals surface area contributed by atoms with Crippen LogP contribution in [0.3, 0.4) is 0 Å². The van der Waals surface area contributed by atoms with Crippen LogP contribution in [0, 0.1) is 0 Å². The Labute approximate surface area is 121 Å². The third-order valence-electron chi connectivity index (χ3n) is 2.58. The molecule has 1 rings (SSSR count). The predicted octanol–water partition coefficient (Wildman–Crippen LogP) is 1.54. The second kappa shape index (κ2) is 7.47. The molecular weight excluding hydrogens is 314 g/mol. The molecule has 0 aliphatic carbocycles. The van der Waals surface area contributed by atoms with Gasteiger partial charge >= 0.3 is 0 Å². The molecule has 5 nitrogen and oxygen atoms in total. The van der Waals surface area contributed by atoms with Crippen molar-refractivity contribution >= 4 is 21.8 Å². The van der Waals surface area contributed by atoms with Crippen LogP contribution < -0.4 is 4.74 Å². The number of halogens is 1. The summed E-state index contributed by atoms with van der Waals surface area (Å²) in [4.78, 5) is 13.7. The van der Waals surface area contributed by atoms with Crippen molar-refractivity contribution in [3.63, 3.8) is 0 Å². The molecule has 0 heterocycles. The van der Waals surface area contributed by atoms with Crippen molar-refractivity contribution in [2.45, 2.75) is 6.10 Å². The number of ether oxygens (including phenoxy) is 2. The number of hydrogen-bond donors (Lipinski definition) is 1. The Bertz CT molecular complexity index is 439. The zero-order chi connectivity index (χ0) is 14.4. The van der Waals surface area contributed by atoms with Crippen molar-refractivity contribution in [1.82, 2.24) is 4.90 Å². The fourth-order valence-corrected chi connectivity index (χ4v) is 2.03. The lowest BCUT2D eigenvalue weighted by Gasteiger charge is -2.21. The van der Waals surface area contributed by atoms with Crippen molar-refractivity contribution in [3.05, 3.63) is 28.2 Å². The van der Waals surface area contributed by atoms with Crippen LogP contribution in [-0.2, 0) is 4.74 Å². The molecule has 0 saturated carbocycles. The van der Waals surface area contributed by atoms with Gasteiger partial charge in [-0.1, -0.05) is 15.9 Å². The number of rotatable bonds is 6. The summed E-state index contributed by atoms with van der Waals surface area (Å²) in [5, 5.41) is 9.63. The van der Waals surface area contributed by atoms with Gasteiger partial charge in [0.05, 0.1) is 25.4 Å². The Morgan fingerprint density at radius 1 is 1.47 bits per heavy atom. The molecule has 0 aromatic heterocycles. The first-order chi connectivity index (χ1) is 8.99. The lowest BCUT2D eigenvalue weighted by Crippen LogP contribution is -2.36. The summed E-state index contributed by atoms with van der Waals surface area (Å²) in [5.74, 6) is 0.284. The van der Waals surface area contributed by atoms with Gasteiger partial charge in [0.1, 0.15) is 5.75 Å². The number of hydrogen-bond acceptors (Lipinski definition) is 4. The fraction of sp³-hybridized carbons (Fsp3) is 0.462. The molecule has 6 heteroatoms. The van der Waals surface area contributed by atoms with Gasteiger partial charge in [-0.3, -0.25) is 4.79 Å². The standard InChI is InChI=1S/C13H18BrNO4/c1-15(7-10(16)8-18-2)13(17)11-5-4-9(14)6-12(11)19-3/h4-6,10,16H,7-8H2,1-3H3. The highest BCUT2D eigenvalue weighted by Gasteiger charge is 2.19. The number of likely N-dealkylation sites (N-methyl/N-ethyl adjacent to an activating group) is 1. The van der Waals surface area contributed by atoms with E-state index in [0.717, 1.165) is 4.47 Å². The van der Waals surface area contributed by atoms with Crippen molar-refractivity contribution in [3.8, 4) is 5.75 Å². The Hall–Kier alpha value is -1.11. The van der Waals surface area contributed by atoms with Crippen LogP contribution in [-0.4, -0.2) is 56.4 Å². The van der Waals surface area contributed by atoms with Crippen LogP contribution in [0.4, 0.5) is 0 Å². The van der Waals surface area contributed by atoms with Gasteiger partial charge in [0.25, 0.3) is 5.91 Å². The molecule has 1 unspecified atom stereocenters. The van der Waals surface area contributed by atoms with Crippen LogP contribution in [0.15, 0.2) is 22.7 Å². The Balaban J connectivity index is 2.82. The van der Waals surface area contributed by atoms with E-state index in [1.54, 1.807) is 25.2 Å². The second-order valence-electron chi connectivity index (χ2n) is 4.14. The van der Waals surface area contributed by atoms with Crippen molar-refractivity contribution in [2.75, 3.05) is 34.4 Å². The number of methoxy groups -OCH3 is 2. The van der Waals surface area contributed by atoms with Gasteiger partial charge < -0.3 is 19.5 Å². The molecular formula is C13H18BrNO4. The van der Waals surface area contributed by atoms with Gasteiger partial charge in [-0.2, -0.15) is 0 Å². The van der Waals surface area contributed by atoms with E-state index >= 15 is 0 Å². The summed E-state index contributed by atoms with van der Waals surface area (Å²) < 4.78 is 10.9. The van der Waals surface area contributed by atoms with Crippen LogP contribution in [0.2, 0.25) is 0 Å². The molecule has 106 valence electrons. The maximum atomic E-state index is 12.3. The van der Waals surface area contributed by atoms with E-state index in [-0.39, 0.29) is 19.1 Å². The summed E-state index contributed by atoms with van der Waals surface area (Å²) >= 11 is 3.32. The Morgan fingerprint density at radius 3 is 2.74 bits per heavy atom. The van der Waals surface area contributed by atoms with E-state index in [0.29, 0.717) is 11.3 Å². The van der Waals surface area contributed by atoms with E-state index in [1.165, 1.54) is 19.1 Å². The number of carbonyl (C=O) groups excluding carboxylic acids is 1. The first kappa shape index (κ1) is 15.9. The number of aliphatic hydroxyl groups excluding tert-OH is 1. The molecule has 0 radical (unpaired) electrons. The van der Waals surface area contributed by atoms with Crippen LogP contribution in [0.25, 0.3) is 0 Å². The molecule has 1 aromatic carbocycles. The summed E-state index contributed by atoms with van der Waals surface area (Å²) in [5.41, 5.74) is 0.456. The van der Waals surface area contributed by atoms with Gasteiger partial charge in [0.15, 0.2) is 0 Å². The third-order valence-corrected chi connectivity index (χ3v) is 3.08. The molecule has 0 aliphatic heterocycles. The summed E-state index contributed by atoms with van der Waals surface area (Å²) in [6.07, 6.45) is -0.708. The summed E-state index contributed by atoms with van der Waals surface area (Å²) in [6, 6.07) is 5.19. The summed E-state index contributed by atoms with van der Waals surface area (Å²) in [7, 11) is 4.64. The molecule has 1 N–H and O–H groups in total. The van der Waals surface area contributed by atoms with E-state index in [9.17, 15) is 9.90 Å². The Kier molecular flexibility index (Phi) is 6.27. The van der Waals surface area contributed by atoms with Crippen molar-refractivity contribution in [1.29, 1.82) is 0 Å². The van der Waals surface area contributed by atoms with E-state index in [1.807, 2.05) is 0 Å². The van der Waals surface area contributed by atoms with Gasteiger partial charge in [0, 0.05) is 25.2 Å². The number of nitrogens with zero attached hydrogens (tertiary/aromatic N) is 1. The summed E-state index contributed by atoms with van der Waals surface area (Å²) in [6.45, 7) is 0.390. The number of aliphatic hydroxyl groups is 1. The van der Waals surface area contributed by atoms with E-state index < -0.39 is 6.10 Å². The zero-order valence-electron chi connectivity index (χ0n) is 11.2. The highest BCUT2D eigenvalue weighted by molar-refractivity contribution is 9.10. The maximum Gasteiger partial charge on any atom is 0.257 e. The quantitative estimate of drug-likeness (QED) is 0.858. The molecule has 1 amide bonds. The third kappa shape index (κ3) is 4.49. The van der Waals surface area contributed by atoms with Crippen LogP contribution in [0.5, 0.6) is 5.75 Å². The maximum absolute atomic E-state index is 12.3. The molecule has 1 aromatic rings. The average molecular weight is 332 g/mol. The fourth-order valence-electron chi connectivity index (χ4n) is 1.69. The molecule has 0 fully saturated rings. The topological polar surface area (TPSA) is 59.0 Å². The molecule has 19 heavy (non-hydrogen) atoms. The number of benzene rings is 1. The monoisotopic (exact) mass is 331 g/mol. The number of amides is 1. The first-order valence-electron chi connectivity index (χ1n) is 5.75. The molecule has 0 bridgehead atoms. The van der Waals surface area contributed by atoms with E-state index in [4.69, 9.17) is 9.47 Å². The van der Waals surface area contributed by atoms with Gasteiger partial charge in [-0.25, -0.2) is 0 Å². The minimum atomic E-state index is -0.708. The second-order valence-corrected chi connectivity index (χ2v) is 5.06. The van der Waals surface area contributed by atoms with Gasteiger partial charge in [-0.05, 0) is 18.2 Å². The normalized spacial score (nSPS) is 12.1. The van der Waals surface area contributed by atoms with Gasteiger partial charge in [0.2, 0.25) is 0 Å². The predicted molar refractivity (Wildman–Crippen MR) is 75.5 cm³/mol. The van der Waals surface area contributed by atoms with Crippen LogP contribution >= 0.6 is 15.9 Å². The zero-order valence-corrected chi connectivity index (χ0v) is 12.8. The SMILES string of the molecule is COCC(O)CN(C)C(=O)c1ccc(Br)cc1OC. The lowest BCUT2D eigenvalue weighted by molar-refractivity contribution is 0.0379. The Morgan fingerprint density at radius 2 is 2.16 bits per heavy atom. The highest BCUT2D eigenvalue weighted by Crippen LogP contribution is 2.24. The average Bonchev–Trinajstić information content (AvgIpc) is 2.37. The largest absolute Gasteiger partial charge is 0.496 e. The molecule has 0 spiro atoms. The highest BCUT2D eigenvalue weighted by atomic mass is 79.9. The van der Waals surface area contributed by atoms with Crippen molar-refractivity contribution < 1.29 is 19.4 Å². The van der Waals surface area contributed by atoms with Gasteiger partial charge in [-0.15, -0.1) is 0 Å². The number of carbonyl (C=O) groups is 1. The van der Waals surface area contributed by atoms with Crippen molar-refractivity contribution in [2.24, 2.45) is 0 Å². The molecule has 0 saturated heterocycles. The van der Waals surface area contributed by atoms with Crippen LogP contribution in [0.1, 0.15) is 10.4 Å². The molecule has 1 atom stereocenters. The lowest BCUT2D eigenvalue weighted by atomic mass is 10.1. The first-order valence-corrected chi connectivity index (χ1v) is 6.55. The minimum Gasteiger partial charge on any atom is -0.496 e. The van der Waals surface area contributed by atoms with E-state index in [2.05, 4.69) is 15.9 Å². The molecule has 0 aliphatic rings.